The molecule has 6 N–H and O–H groups in total. The van der Waals surface area contributed by atoms with Gasteiger partial charge in [-0.1, -0.05) is 30.3 Å². The summed E-state index contributed by atoms with van der Waals surface area (Å²) in [7, 11) is 1.00. The number of aliphatic hydroxyl groups excluding tert-OH is 1. The van der Waals surface area contributed by atoms with Gasteiger partial charge in [-0.05, 0) is 112 Å². The van der Waals surface area contributed by atoms with Gasteiger partial charge >= 0.3 is 36.1 Å². The molecule has 1 aromatic rings. The first-order valence-electron chi connectivity index (χ1n) is 20.5. The molecular weight excluding hydrogens is 768 g/mol. The van der Waals surface area contributed by atoms with Gasteiger partial charge in [-0.3, -0.25) is 19.2 Å². The SMILES string of the molecule is CC(C)(C)OC(=O)N1CCC[C@H](C(=O)O)C1.CC(C)(C)OC(=O)N1CCC[C@H](C(=O)OCc2ccccc2)C1.CO.O=C(O)C1CCCNC1.O=C(O)[C@H]1CCCNC1. The summed E-state index contributed by atoms with van der Waals surface area (Å²) >= 11 is 0. The van der Waals surface area contributed by atoms with Crippen molar-refractivity contribution in [2.45, 2.75) is 111 Å². The summed E-state index contributed by atoms with van der Waals surface area (Å²) in [5.41, 5.74) is -0.105. The number of benzene rings is 1. The minimum atomic E-state index is -0.840. The number of amides is 2. The van der Waals surface area contributed by atoms with E-state index >= 15 is 0 Å². The Bertz CT molecular complexity index is 1390. The molecule has 17 nitrogen and oxygen atoms in total. The van der Waals surface area contributed by atoms with Crippen molar-refractivity contribution >= 4 is 36.1 Å². The summed E-state index contributed by atoms with van der Waals surface area (Å²) in [6.45, 7) is 16.2. The van der Waals surface area contributed by atoms with Gasteiger partial charge < -0.3 is 55.1 Å². The second-order valence-corrected chi connectivity index (χ2v) is 16.7. The van der Waals surface area contributed by atoms with Crippen LogP contribution in [-0.2, 0) is 40.0 Å². The molecule has 336 valence electrons. The van der Waals surface area contributed by atoms with E-state index in [2.05, 4.69) is 10.6 Å². The molecule has 0 aliphatic carbocycles. The zero-order valence-electron chi connectivity index (χ0n) is 36.1. The van der Waals surface area contributed by atoms with Crippen molar-refractivity contribution in [1.82, 2.24) is 20.4 Å². The first-order valence-corrected chi connectivity index (χ1v) is 20.5. The van der Waals surface area contributed by atoms with Crippen molar-refractivity contribution in [3.05, 3.63) is 35.9 Å². The number of rotatable bonds is 6. The molecule has 5 rings (SSSR count). The van der Waals surface area contributed by atoms with Crippen molar-refractivity contribution in [1.29, 1.82) is 0 Å². The molecular formula is C42H70N4O13. The van der Waals surface area contributed by atoms with E-state index in [1.165, 1.54) is 4.90 Å². The minimum absolute atomic E-state index is 0.140. The molecule has 4 aliphatic heterocycles. The summed E-state index contributed by atoms with van der Waals surface area (Å²) in [5, 5.41) is 39.0. The summed E-state index contributed by atoms with van der Waals surface area (Å²) in [6.07, 6.45) is 5.76. The molecule has 0 radical (unpaired) electrons. The Morgan fingerprint density at radius 3 is 1.36 bits per heavy atom. The first-order chi connectivity index (χ1) is 27.8. The summed E-state index contributed by atoms with van der Waals surface area (Å²) < 4.78 is 15.9. The second kappa shape index (κ2) is 27.3. The number of ether oxygens (including phenoxy) is 3. The van der Waals surface area contributed by atoms with E-state index in [1.807, 2.05) is 51.1 Å². The topological polar surface area (TPSA) is 242 Å². The lowest BCUT2D eigenvalue weighted by atomic mass is 9.98. The number of likely N-dealkylation sites (tertiary alicyclic amines) is 2. The fourth-order valence-corrected chi connectivity index (χ4v) is 6.30. The molecule has 1 unspecified atom stereocenters. The van der Waals surface area contributed by atoms with Gasteiger partial charge in [0.2, 0.25) is 0 Å². The molecule has 2 amide bonds. The third-order valence-corrected chi connectivity index (χ3v) is 9.34. The summed E-state index contributed by atoms with van der Waals surface area (Å²) in [5.74, 6) is -3.43. The Morgan fingerprint density at radius 1 is 0.610 bits per heavy atom. The normalized spacial score (nSPS) is 21.6. The maximum absolute atomic E-state index is 12.2. The lowest BCUT2D eigenvalue weighted by Crippen LogP contribution is -2.45. The molecule has 4 atom stereocenters. The van der Waals surface area contributed by atoms with Gasteiger partial charge in [-0.2, -0.15) is 0 Å². The highest BCUT2D eigenvalue weighted by Crippen LogP contribution is 2.22. The largest absolute Gasteiger partial charge is 0.481 e. The van der Waals surface area contributed by atoms with Crippen molar-refractivity contribution in [2.75, 3.05) is 59.5 Å². The predicted octanol–water partition coefficient (Wildman–Crippen LogP) is 4.84. The average molecular weight is 839 g/mol. The van der Waals surface area contributed by atoms with Gasteiger partial charge in [0.15, 0.2) is 0 Å². The fraction of sp³-hybridized carbons (Fsp3) is 0.714. The number of aliphatic carboxylic acids is 3. The standard InChI is InChI=1S/C18H25NO4.C11H19NO4.2C6H11NO2.CH4O/c1-18(2,3)23-17(21)19-11-7-10-15(12-19)16(20)22-13-14-8-5-4-6-9-14;1-11(2,3)16-10(15)12-6-4-5-8(7-12)9(13)14;2*8-6(9)5-2-1-3-7-4-5;1-2/h4-6,8-9,15H,7,10-13H2,1-3H3;8H,4-7H2,1-3H3,(H,13,14);2*5,7H,1-4H2,(H,8,9);2H,1H3/t15-;8-;5-;;/m000../s1. The fourth-order valence-electron chi connectivity index (χ4n) is 6.30. The van der Waals surface area contributed by atoms with E-state index in [0.29, 0.717) is 39.1 Å². The van der Waals surface area contributed by atoms with Crippen LogP contribution in [0.1, 0.15) is 98.5 Å². The molecule has 4 fully saturated rings. The minimum Gasteiger partial charge on any atom is -0.481 e. The zero-order valence-corrected chi connectivity index (χ0v) is 36.1. The number of aliphatic hydroxyl groups is 1. The molecule has 0 bridgehead atoms. The Labute approximate surface area is 349 Å². The van der Waals surface area contributed by atoms with Crippen molar-refractivity contribution < 1.29 is 63.4 Å². The third-order valence-electron chi connectivity index (χ3n) is 9.34. The molecule has 0 spiro atoms. The number of nitrogens with one attached hydrogen (secondary N) is 2. The zero-order chi connectivity index (χ0) is 44.6. The molecule has 0 saturated carbocycles. The predicted molar refractivity (Wildman–Crippen MR) is 220 cm³/mol. The smallest absolute Gasteiger partial charge is 0.410 e. The molecule has 17 heteroatoms. The van der Waals surface area contributed by atoms with Crippen LogP contribution in [-0.4, -0.2) is 137 Å². The lowest BCUT2D eigenvalue weighted by Gasteiger charge is -2.33. The average Bonchev–Trinajstić information content (AvgIpc) is 3.21. The van der Waals surface area contributed by atoms with Gasteiger partial charge in [0.25, 0.3) is 0 Å². The van der Waals surface area contributed by atoms with Crippen LogP contribution in [0.25, 0.3) is 0 Å². The van der Waals surface area contributed by atoms with E-state index in [1.54, 1.807) is 25.7 Å². The van der Waals surface area contributed by atoms with E-state index < -0.39 is 41.1 Å². The summed E-state index contributed by atoms with van der Waals surface area (Å²) in [6, 6.07) is 9.58. The van der Waals surface area contributed by atoms with E-state index in [-0.39, 0.29) is 43.0 Å². The van der Waals surface area contributed by atoms with Crippen LogP contribution in [0, 0.1) is 23.7 Å². The summed E-state index contributed by atoms with van der Waals surface area (Å²) in [4.78, 5) is 70.6. The third kappa shape index (κ3) is 23.0. The number of carboxylic acids is 3. The highest BCUT2D eigenvalue weighted by Gasteiger charge is 2.33. The first kappa shape index (κ1) is 52.5. The van der Waals surface area contributed by atoms with Gasteiger partial charge in [0.1, 0.15) is 17.8 Å². The Balaban J connectivity index is 0.000000418. The molecule has 4 heterocycles. The molecule has 59 heavy (non-hydrogen) atoms. The van der Waals surface area contributed by atoms with Crippen LogP contribution in [0.3, 0.4) is 0 Å². The van der Waals surface area contributed by atoms with Gasteiger partial charge in [-0.15, -0.1) is 0 Å². The number of esters is 1. The highest BCUT2D eigenvalue weighted by molar-refractivity contribution is 5.75. The number of hydrogen-bond donors (Lipinski definition) is 6. The molecule has 1 aromatic carbocycles. The lowest BCUT2D eigenvalue weighted by molar-refractivity contribution is -0.151. The number of carbonyl (C=O) groups is 6. The van der Waals surface area contributed by atoms with Crippen LogP contribution in [0.5, 0.6) is 0 Å². The number of piperidine rings is 4. The van der Waals surface area contributed by atoms with Crippen molar-refractivity contribution in [3.8, 4) is 0 Å². The highest BCUT2D eigenvalue weighted by atomic mass is 16.6. The van der Waals surface area contributed by atoms with Crippen LogP contribution in [0.2, 0.25) is 0 Å². The maximum Gasteiger partial charge on any atom is 0.410 e. The van der Waals surface area contributed by atoms with Crippen molar-refractivity contribution in [3.63, 3.8) is 0 Å². The van der Waals surface area contributed by atoms with Crippen LogP contribution >= 0.6 is 0 Å². The van der Waals surface area contributed by atoms with E-state index in [4.69, 9.17) is 34.6 Å². The molecule has 4 saturated heterocycles. The second-order valence-electron chi connectivity index (χ2n) is 16.7. The van der Waals surface area contributed by atoms with E-state index in [9.17, 15) is 28.8 Å². The van der Waals surface area contributed by atoms with Crippen LogP contribution < -0.4 is 10.6 Å². The Morgan fingerprint density at radius 2 is 1.00 bits per heavy atom. The number of carbonyl (C=O) groups excluding carboxylic acids is 3. The monoisotopic (exact) mass is 838 g/mol. The number of nitrogens with zero attached hydrogens (tertiary/aromatic N) is 2. The van der Waals surface area contributed by atoms with Gasteiger partial charge in [0.05, 0.1) is 23.7 Å². The molecule has 0 aromatic heterocycles. The molecule has 4 aliphatic rings. The van der Waals surface area contributed by atoms with E-state index in [0.717, 1.165) is 70.7 Å². The number of hydrogen-bond acceptors (Lipinski definition) is 12. The quantitative estimate of drug-likeness (QED) is 0.166. The Kier molecular flexibility index (Phi) is 24.3. The van der Waals surface area contributed by atoms with Crippen molar-refractivity contribution in [2.24, 2.45) is 23.7 Å². The van der Waals surface area contributed by atoms with Crippen LogP contribution in [0.15, 0.2) is 30.3 Å². The number of carboxylic acid groups (broad SMARTS) is 3. The Hall–Kier alpha value is -4.48. The van der Waals surface area contributed by atoms with Gasteiger partial charge in [0, 0.05) is 46.4 Å². The maximum atomic E-state index is 12.2. The van der Waals surface area contributed by atoms with Crippen LogP contribution in [0.4, 0.5) is 9.59 Å². The van der Waals surface area contributed by atoms with Gasteiger partial charge in [-0.25, -0.2) is 9.59 Å².